The minimum atomic E-state index is -0.338. The van der Waals surface area contributed by atoms with E-state index in [0.29, 0.717) is 47.5 Å². The van der Waals surface area contributed by atoms with Gasteiger partial charge in [-0.25, -0.2) is 14.7 Å². The van der Waals surface area contributed by atoms with Crippen LogP contribution in [-0.2, 0) is 17.8 Å². The number of amides is 3. The molecule has 0 aliphatic carbocycles. The molecule has 5 rings (SSSR count). The van der Waals surface area contributed by atoms with Crippen molar-refractivity contribution in [3.05, 3.63) is 60.3 Å². The van der Waals surface area contributed by atoms with Crippen LogP contribution in [0.1, 0.15) is 25.0 Å². The van der Waals surface area contributed by atoms with E-state index < -0.39 is 0 Å². The lowest BCUT2D eigenvalue weighted by Gasteiger charge is -2.38. The number of nitrogens with one attached hydrogen (secondary N) is 2. The quantitative estimate of drug-likeness (QED) is 0.301. The van der Waals surface area contributed by atoms with E-state index in [2.05, 4.69) is 27.1 Å². The molecule has 0 spiro atoms. The van der Waals surface area contributed by atoms with Crippen LogP contribution < -0.4 is 29.9 Å². The molecule has 0 bridgehead atoms. The van der Waals surface area contributed by atoms with Gasteiger partial charge in [-0.05, 0) is 51.7 Å². The van der Waals surface area contributed by atoms with Crippen LogP contribution in [0.3, 0.4) is 0 Å². The van der Waals surface area contributed by atoms with Gasteiger partial charge in [0.1, 0.15) is 11.5 Å². The summed E-state index contributed by atoms with van der Waals surface area (Å²) in [5, 5.41) is 6.17. The van der Waals surface area contributed by atoms with Gasteiger partial charge in [-0.2, -0.15) is 4.98 Å². The number of urea groups is 1. The Morgan fingerprint density at radius 1 is 1.18 bits per heavy atom. The molecule has 2 aliphatic heterocycles. The van der Waals surface area contributed by atoms with E-state index in [1.54, 1.807) is 29.2 Å². The third-order valence-corrected chi connectivity index (χ3v) is 7.69. The van der Waals surface area contributed by atoms with E-state index in [-0.39, 0.29) is 23.9 Å². The number of ether oxygens (including phenoxy) is 2. The Hall–Kier alpha value is -4.84. The summed E-state index contributed by atoms with van der Waals surface area (Å²) in [4.78, 5) is 43.3. The monoisotopic (exact) mass is 600 g/mol. The number of rotatable bonds is 11. The number of anilines is 6. The molecular weight excluding hydrogens is 560 g/mol. The molecule has 0 atom stereocenters. The highest BCUT2D eigenvalue weighted by molar-refractivity contribution is 6.03. The van der Waals surface area contributed by atoms with E-state index in [1.165, 1.54) is 6.08 Å². The number of fused-ring (bicyclic) bond motifs is 2. The lowest BCUT2D eigenvalue weighted by atomic mass is 10.1. The zero-order chi connectivity index (χ0) is 31.5. The molecule has 12 heteroatoms. The molecular formula is C32H40N8O4. The molecule has 3 heterocycles. The van der Waals surface area contributed by atoms with Crippen LogP contribution in [-0.4, -0.2) is 85.7 Å². The van der Waals surface area contributed by atoms with Gasteiger partial charge in [0.05, 0.1) is 43.0 Å². The summed E-state index contributed by atoms with van der Waals surface area (Å²) in [7, 11) is 7.55. The molecule has 232 valence electrons. The lowest BCUT2D eigenvalue weighted by molar-refractivity contribution is -0.111. The molecule has 0 radical (unpaired) electrons. The van der Waals surface area contributed by atoms with Gasteiger partial charge in [-0.1, -0.05) is 18.7 Å². The predicted molar refractivity (Wildman–Crippen MR) is 173 cm³/mol. The van der Waals surface area contributed by atoms with E-state index in [1.807, 2.05) is 64.2 Å². The van der Waals surface area contributed by atoms with Gasteiger partial charge in [0.25, 0.3) is 0 Å². The average molecular weight is 601 g/mol. The summed E-state index contributed by atoms with van der Waals surface area (Å²) < 4.78 is 11.7. The van der Waals surface area contributed by atoms with Crippen LogP contribution >= 0.6 is 0 Å². The van der Waals surface area contributed by atoms with Gasteiger partial charge in [0.2, 0.25) is 11.9 Å². The highest BCUT2D eigenvalue weighted by Crippen LogP contribution is 2.43. The highest BCUT2D eigenvalue weighted by atomic mass is 16.5. The Kier molecular flexibility index (Phi) is 8.91. The maximum Gasteiger partial charge on any atom is 0.330 e. The number of para-hydroxylation sites is 1. The van der Waals surface area contributed by atoms with Crippen molar-refractivity contribution in [1.82, 2.24) is 19.8 Å². The van der Waals surface area contributed by atoms with Crippen molar-refractivity contribution in [3.63, 3.8) is 0 Å². The third kappa shape index (κ3) is 6.11. The molecule has 3 aromatic rings. The molecule has 12 nitrogen and oxygen atoms in total. The largest absolute Gasteiger partial charge is 0.494 e. The topological polar surface area (TPSA) is 115 Å². The maximum atomic E-state index is 13.9. The van der Waals surface area contributed by atoms with Crippen LogP contribution in [0.4, 0.5) is 39.3 Å². The molecule has 2 aliphatic rings. The second kappa shape index (κ2) is 12.8. The zero-order valence-corrected chi connectivity index (χ0v) is 26.2. The Bertz CT molecular complexity index is 1570. The van der Waals surface area contributed by atoms with Gasteiger partial charge in [0.15, 0.2) is 5.82 Å². The summed E-state index contributed by atoms with van der Waals surface area (Å²) >= 11 is 0. The first-order valence-corrected chi connectivity index (χ1v) is 14.6. The van der Waals surface area contributed by atoms with E-state index in [4.69, 9.17) is 14.5 Å². The molecule has 0 saturated carbocycles. The minimum Gasteiger partial charge on any atom is -0.494 e. The maximum absolute atomic E-state index is 13.9. The standard InChI is InChI=1S/C32H40N8O4/c1-8-28(41)34-23-16-24(27(43-7)17-26(23)38(6)14-13-37(4)5)35-31-33-18-22-19-39(20(2)3)32(42)40(30(22)36-31)25-11-9-10-21-12-15-44-29(21)25/h8-11,16-18,20H,1,12-15,19H2,2-7H3,(H,34,41)(H,33,35,36). The molecule has 2 N–H and O–H groups in total. The summed E-state index contributed by atoms with van der Waals surface area (Å²) in [5.74, 6) is 1.63. The second-order valence-corrected chi connectivity index (χ2v) is 11.4. The van der Waals surface area contributed by atoms with Gasteiger partial charge in [-0.15, -0.1) is 0 Å². The summed E-state index contributed by atoms with van der Waals surface area (Å²) in [6.07, 6.45) is 3.75. The first-order valence-electron chi connectivity index (χ1n) is 14.6. The van der Waals surface area contributed by atoms with Crippen molar-refractivity contribution in [2.75, 3.05) is 68.4 Å². The summed E-state index contributed by atoms with van der Waals surface area (Å²) in [6, 6.07) is 9.27. The van der Waals surface area contributed by atoms with E-state index in [0.717, 1.165) is 36.3 Å². The smallest absolute Gasteiger partial charge is 0.330 e. The van der Waals surface area contributed by atoms with Crippen molar-refractivity contribution < 1.29 is 19.1 Å². The number of nitrogens with zero attached hydrogens (tertiary/aromatic N) is 6. The third-order valence-electron chi connectivity index (χ3n) is 7.69. The molecule has 0 fully saturated rings. The second-order valence-electron chi connectivity index (χ2n) is 11.4. The fraction of sp³-hybridized carbons (Fsp3) is 0.375. The number of hydrogen-bond acceptors (Lipinski definition) is 9. The van der Waals surface area contributed by atoms with Crippen LogP contribution in [0.25, 0.3) is 0 Å². The van der Waals surface area contributed by atoms with Gasteiger partial charge in [0, 0.05) is 50.4 Å². The number of methoxy groups -OCH3 is 1. The molecule has 0 unspecified atom stereocenters. The number of carbonyl (C=O) groups excluding carboxylic acids is 2. The summed E-state index contributed by atoms with van der Waals surface area (Å²) in [6.45, 7) is 10.1. The van der Waals surface area contributed by atoms with Crippen molar-refractivity contribution >= 4 is 46.5 Å². The Labute approximate surface area is 258 Å². The predicted octanol–water partition coefficient (Wildman–Crippen LogP) is 4.77. The SMILES string of the molecule is C=CC(=O)Nc1cc(Nc2ncc3c(n2)N(c2cccc4c2OCC4)C(=O)N(C(C)C)C3)c(OC)cc1N(C)CCN(C)C. The number of hydrogen-bond donors (Lipinski definition) is 2. The first-order chi connectivity index (χ1) is 21.1. The normalized spacial score (nSPS) is 13.9. The Morgan fingerprint density at radius 3 is 2.68 bits per heavy atom. The van der Waals surface area contributed by atoms with Gasteiger partial charge in [-0.3, -0.25) is 4.79 Å². The van der Waals surface area contributed by atoms with Crippen molar-refractivity contribution in [3.8, 4) is 11.5 Å². The fourth-order valence-corrected chi connectivity index (χ4v) is 5.25. The number of aromatic nitrogens is 2. The van der Waals surface area contributed by atoms with Crippen LogP contribution in [0, 0.1) is 0 Å². The van der Waals surface area contributed by atoms with Crippen LogP contribution in [0.15, 0.2) is 49.2 Å². The van der Waals surface area contributed by atoms with Crippen molar-refractivity contribution in [2.45, 2.75) is 32.9 Å². The van der Waals surface area contributed by atoms with E-state index in [9.17, 15) is 9.59 Å². The molecule has 2 aromatic carbocycles. The average Bonchev–Trinajstić information content (AvgIpc) is 3.49. The lowest BCUT2D eigenvalue weighted by Crippen LogP contribution is -2.48. The molecule has 1 aromatic heterocycles. The van der Waals surface area contributed by atoms with Crippen molar-refractivity contribution in [2.24, 2.45) is 0 Å². The zero-order valence-electron chi connectivity index (χ0n) is 26.2. The number of likely N-dealkylation sites (N-methyl/N-ethyl adjacent to an activating group) is 2. The Balaban J connectivity index is 1.55. The molecule has 0 saturated heterocycles. The van der Waals surface area contributed by atoms with Gasteiger partial charge < -0.3 is 34.8 Å². The molecule has 44 heavy (non-hydrogen) atoms. The number of carbonyl (C=O) groups is 2. The summed E-state index contributed by atoms with van der Waals surface area (Å²) in [5.41, 5.74) is 4.40. The highest BCUT2D eigenvalue weighted by Gasteiger charge is 2.37. The van der Waals surface area contributed by atoms with E-state index >= 15 is 0 Å². The fourth-order valence-electron chi connectivity index (χ4n) is 5.25. The van der Waals surface area contributed by atoms with Crippen LogP contribution in [0.2, 0.25) is 0 Å². The molecule has 3 amide bonds. The minimum absolute atomic E-state index is 0.0311. The van der Waals surface area contributed by atoms with Crippen molar-refractivity contribution in [1.29, 1.82) is 0 Å². The van der Waals surface area contributed by atoms with Gasteiger partial charge >= 0.3 is 6.03 Å². The Morgan fingerprint density at radius 2 is 1.98 bits per heavy atom. The van der Waals surface area contributed by atoms with Crippen LogP contribution in [0.5, 0.6) is 11.5 Å². The number of benzene rings is 2. The first kappa shape index (κ1) is 30.6.